The molecule has 1 amide bonds. The van der Waals surface area contributed by atoms with Crippen LogP contribution in [0.1, 0.15) is 43.0 Å². The van der Waals surface area contributed by atoms with Gasteiger partial charge in [-0.05, 0) is 39.5 Å². The van der Waals surface area contributed by atoms with Crippen molar-refractivity contribution in [3.63, 3.8) is 0 Å². The molecule has 0 aromatic carbocycles. The highest BCUT2D eigenvalue weighted by atomic mass is 32.2. The van der Waals surface area contributed by atoms with Gasteiger partial charge in [0.05, 0.1) is 6.42 Å². The topological polar surface area (TPSA) is 83.6 Å². The third-order valence-electron chi connectivity index (χ3n) is 3.87. The summed E-state index contributed by atoms with van der Waals surface area (Å²) in [7, 11) is 0. The van der Waals surface area contributed by atoms with Gasteiger partial charge in [-0.3, -0.25) is 9.89 Å². The van der Waals surface area contributed by atoms with Crippen molar-refractivity contribution in [3.05, 3.63) is 22.7 Å². The number of thioether (sulfide) groups is 1. The second-order valence-electron chi connectivity index (χ2n) is 5.93. The minimum absolute atomic E-state index is 0.00986. The second kappa shape index (κ2) is 7.44. The predicted octanol–water partition coefficient (Wildman–Crippen LogP) is 2.64. The molecule has 8 heteroatoms. The number of H-pyrrole nitrogens is 1. The van der Waals surface area contributed by atoms with Crippen molar-refractivity contribution >= 4 is 29.0 Å². The van der Waals surface area contributed by atoms with Crippen LogP contribution < -0.4 is 5.32 Å². The molecule has 0 spiro atoms. The molecule has 3 rings (SSSR count). The number of thiazole rings is 1. The van der Waals surface area contributed by atoms with Crippen LogP contribution in [0.25, 0.3) is 0 Å². The highest BCUT2D eigenvalue weighted by Crippen LogP contribution is 2.35. The van der Waals surface area contributed by atoms with E-state index in [4.69, 9.17) is 0 Å². The van der Waals surface area contributed by atoms with Crippen molar-refractivity contribution in [2.75, 3.05) is 0 Å². The van der Waals surface area contributed by atoms with Gasteiger partial charge in [0.2, 0.25) is 5.91 Å². The van der Waals surface area contributed by atoms with E-state index in [1.807, 2.05) is 25.6 Å². The van der Waals surface area contributed by atoms with E-state index in [9.17, 15) is 4.79 Å². The number of hydrogen-bond donors (Lipinski definition) is 2. The summed E-state index contributed by atoms with van der Waals surface area (Å²) in [5.41, 5.74) is 1.10. The smallest absolute Gasteiger partial charge is 0.227 e. The Morgan fingerprint density at radius 2 is 2.13 bits per heavy atom. The molecule has 1 fully saturated rings. The summed E-state index contributed by atoms with van der Waals surface area (Å²) in [5, 5.41) is 12.6. The Morgan fingerprint density at radius 3 is 2.74 bits per heavy atom. The lowest BCUT2D eigenvalue weighted by Crippen LogP contribution is -2.39. The molecule has 2 aromatic heterocycles. The lowest BCUT2D eigenvalue weighted by atomic mass is 9.95. The average molecular weight is 352 g/mol. The SMILES string of the molecule is Cc1csc(SC2CCC(NC(=O)Cc3n[nH]c(C)n3)CC2)n1. The molecule has 23 heavy (non-hydrogen) atoms. The van der Waals surface area contributed by atoms with Gasteiger partial charge in [-0.15, -0.1) is 11.3 Å². The summed E-state index contributed by atoms with van der Waals surface area (Å²) in [5.74, 6) is 1.31. The summed E-state index contributed by atoms with van der Waals surface area (Å²) in [6.45, 7) is 3.86. The molecule has 2 aromatic rings. The van der Waals surface area contributed by atoms with E-state index in [0.29, 0.717) is 11.1 Å². The molecule has 6 nitrogen and oxygen atoms in total. The fourth-order valence-corrected chi connectivity index (χ4v) is 5.03. The lowest BCUT2D eigenvalue weighted by Gasteiger charge is -2.28. The van der Waals surface area contributed by atoms with Crippen molar-refractivity contribution < 1.29 is 4.79 Å². The number of hydrogen-bond acceptors (Lipinski definition) is 6. The summed E-state index contributed by atoms with van der Waals surface area (Å²) < 4.78 is 1.16. The number of amides is 1. The standard InChI is InChI=1S/C15H21N5OS2/c1-9-8-22-15(16-9)23-12-5-3-11(4-6-12)18-14(21)7-13-17-10(2)19-20-13/h8,11-12H,3-7H2,1-2H3,(H,18,21)(H,17,19,20). The zero-order valence-corrected chi connectivity index (χ0v) is 15.0. The van der Waals surface area contributed by atoms with Crippen LogP contribution in [0, 0.1) is 13.8 Å². The molecule has 0 aliphatic heterocycles. The Morgan fingerprint density at radius 1 is 1.35 bits per heavy atom. The van der Waals surface area contributed by atoms with Crippen molar-refractivity contribution in [2.24, 2.45) is 0 Å². The predicted molar refractivity (Wildman–Crippen MR) is 91.7 cm³/mol. The zero-order valence-electron chi connectivity index (χ0n) is 13.3. The molecule has 1 aliphatic carbocycles. The monoisotopic (exact) mass is 351 g/mol. The average Bonchev–Trinajstić information content (AvgIpc) is 3.10. The summed E-state index contributed by atoms with van der Waals surface area (Å²) >= 11 is 3.61. The second-order valence-corrected chi connectivity index (χ2v) is 8.33. The van der Waals surface area contributed by atoms with Gasteiger partial charge >= 0.3 is 0 Å². The van der Waals surface area contributed by atoms with Crippen LogP contribution in [0.2, 0.25) is 0 Å². The largest absolute Gasteiger partial charge is 0.353 e. The van der Waals surface area contributed by atoms with Gasteiger partial charge in [0, 0.05) is 22.4 Å². The third kappa shape index (κ3) is 4.78. The molecular formula is C15H21N5OS2. The Hall–Kier alpha value is -1.41. The van der Waals surface area contributed by atoms with Crippen molar-refractivity contribution in [2.45, 2.75) is 61.6 Å². The molecule has 0 radical (unpaired) electrons. The van der Waals surface area contributed by atoms with E-state index in [0.717, 1.165) is 41.5 Å². The number of aromatic nitrogens is 4. The molecule has 0 atom stereocenters. The maximum Gasteiger partial charge on any atom is 0.227 e. The van der Waals surface area contributed by atoms with E-state index in [-0.39, 0.29) is 18.4 Å². The van der Waals surface area contributed by atoms with E-state index >= 15 is 0 Å². The Bertz CT molecular complexity index is 660. The summed E-state index contributed by atoms with van der Waals surface area (Å²) in [4.78, 5) is 20.7. The Labute approximate surface area is 143 Å². The molecule has 1 saturated carbocycles. The van der Waals surface area contributed by atoms with Gasteiger partial charge in [0.25, 0.3) is 0 Å². The highest BCUT2D eigenvalue weighted by Gasteiger charge is 2.24. The fourth-order valence-electron chi connectivity index (χ4n) is 2.74. The Balaban J connectivity index is 1.41. The molecular weight excluding hydrogens is 330 g/mol. The van der Waals surface area contributed by atoms with Gasteiger partial charge in [0.15, 0.2) is 5.82 Å². The molecule has 124 valence electrons. The number of carbonyl (C=O) groups excluding carboxylic acids is 1. The van der Waals surface area contributed by atoms with Gasteiger partial charge in [-0.1, -0.05) is 11.8 Å². The molecule has 2 heterocycles. The van der Waals surface area contributed by atoms with Gasteiger partial charge in [-0.25, -0.2) is 9.97 Å². The van der Waals surface area contributed by atoms with E-state index < -0.39 is 0 Å². The maximum absolute atomic E-state index is 12.0. The first kappa shape index (κ1) is 16.4. The normalized spacial score (nSPS) is 21.3. The van der Waals surface area contributed by atoms with Crippen LogP contribution in [-0.4, -0.2) is 37.4 Å². The van der Waals surface area contributed by atoms with Crippen LogP contribution >= 0.6 is 23.1 Å². The summed E-state index contributed by atoms with van der Waals surface area (Å²) in [6.07, 6.45) is 4.54. The lowest BCUT2D eigenvalue weighted by molar-refractivity contribution is -0.121. The Kier molecular flexibility index (Phi) is 5.32. The van der Waals surface area contributed by atoms with Crippen LogP contribution in [-0.2, 0) is 11.2 Å². The van der Waals surface area contributed by atoms with E-state index in [2.05, 4.69) is 30.9 Å². The van der Waals surface area contributed by atoms with Crippen LogP contribution in [0.3, 0.4) is 0 Å². The first-order valence-electron chi connectivity index (χ1n) is 7.84. The molecule has 0 saturated heterocycles. The molecule has 1 aliphatic rings. The van der Waals surface area contributed by atoms with Gasteiger partial charge in [-0.2, -0.15) is 5.10 Å². The van der Waals surface area contributed by atoms with Crippen LogP contribution in [0.5, 0.6) is 0 Å². The minimum atomic E-state index is 0.00986. The zero-order chi connectivity index (χ0) is 16.2. The first-order valence-corrected chi connectivity index (χ1v) is 9.60. The molecule has 0 bridgehead atoms. The molecule has 0 unspecified atom stereocenters. The van der Waals surface area contributed by atoms with Crippen molar-refractivity contribution in [1.29, 1.82) is 0 Å². The number of carbonyl (C=O) groups is 1. The van der Waals surface area contributed by atoms with E-state index in [1.54, 1.807) is 11.3 Å². The number of aryl methyl sites for hydroxylation is 2. The molecule has 2 N–H and O–H groups in total. The number of aromatic amines is 1. The van der Waals surface area contributed by atoms with Gasteiger partial charge < -0.3 is 5.32 Å². The third-order valence-corrected chi connectivity index (χ3v) is 6.29. The maximum atomic E-state index is 12.0. The summed E-state index contributed by atoms with van der Waals surface area (Å²) in [6, 6.07) is 0.275. The number of nitrogens with one attached hydrogen (secondary N) is 2. The quantitative estimate of drug-likeness (QED) is 0.865. The first-order chi connectivity index (χ1) is 11.1. The van der Waals surface area contributed by atoms with Gasteiger partial charge in [0.1, 0.15) is 10.2 Å². The minimum Gasteiger partial charge on any atom is -0.353 e. The highest BCUT2D eigenvalue weighted by molar-refractivity contribution is 8.01. The number of nitrogens with zero attached hydrogens (tertiary/aromatic N) is 3. The van der Waals surface area contributed by atoms with Crippen LogP contribution in [0.4, 0.5) is 0 Å². The van der Waals surface area contributed by atoms with E-state index in [1.165, 1.54) is 0 Å². The number of rotatable bonds is 5. The fraction of sp³-hybridized carbons (Fsp3) is 0.600. The van der Waals surface area contributed by atoms with Crippen LogP contribution in [0.15, 0.2) is 9.72 Å². The van der Waals surface area contributed by atoms with Crippen molar-refractivity contribution in [1.82, 2.24) is 25.5 Å². The van der Waals surface area contributed by atoms with Crippen molar-refractivity contribution in [3.8, 4) is 0 Å².